The number of fused-ring (bicyclic) bond motifs is 3. The minimum Gasteiger partial charge on any atom is -1.00 e. The Labute approximate surface area is 309 Å². The molecule has 0 unspecified atom stereocenters. The Bertz CT molecular complexity index is 2110. The molecular formula is C43H44Cl2SiZr-2. The van der Waals surface area contributed by atoms with E-state index in [1.165, 1.54) is 82.4 Å². The maximum absolute atomic E-state index is 2.34. The zero-order chi connectivity index (χ0) is 32.2. The van der Waals surface area contributed by atoms with Crippen LogP contribution in [0.3, 0.4) is 0 Å². The van der Waals surface area contributed by atoms with Crippen LogP contribution in [-0.4, -0.2) is 5.43 Å². The average molecular weight is 751 g/mol. The second-order valence-electron chi connectivity index (χ2n) is 12.8. The Morgan fingerprint density at radius 1 is 0.596 bits per heavy atom. The van der Waals surface area contributed by atoms with Crippen molar-refractivity contribution in [3.05, 3.63) is 143 Å². The summed E-state index contributed by atoms with van der Waals surface area (Å²) >= 11 is 1.74. The van der Waals surface area contributed by atoms with Crippen LogP contribution in [0.5, 0.6) is 0 Å². The summed E-state index contributed by atoms with van der Waals surface area (Å²) in [6.07, 6.45) is 0. The summed E-state index contributed by atoms with van der Waals surface area (Å²) in [7, 11) is 0. The SMILES string of the molecule is CC(C)c1cc2c(-c3ccccc3)cccc2[cH-]1.C[Si](C)=[Zr+2].Cc1cc2c(-c3cccc4ccccc34)c(C)c(C)c(C)c2[cH-]1.[Cl-].[Cl-]. The van der Waals surface area contributed by atoms with E-state index in [9.17, 15) is 0 Å². The van der Waals surface area contributed by atoms with Crippen molar-refractivity contribution in [1.82, 2.24) is 0 Å². The van der Waals surface area contributed by atoms with Crippen molar-refractivity contribution >= 4 is 37.8 Å². The summed E-state index contributed by atoms with van der Waals surface area (Å²) < 4.78 is 0. The predicted octanol–water partition coefficient (Wildman–Crippen LogP) is 6.75. The molecule has 4 heteroatoms. The van der Waals surface area contributed by atoms with E-state index in [1.54, 1.807) is 23.3 Å². The largest absolute Gasteiger partial charge is 1.00 e. The Hall–Kier alpha value is -2.74. The molecule has 240 valence electrons. The van der Waals surface area contributed by atoms with Crippen LogP contribution in [0.2, 0.25) is 13.1 Å². The van der Waals surface area contributed by atoms with Crippen LogP contribution in [0.4, 0.5) is 0 Å². The monoisotopic (exact) mass is 748 g/mol. The van der Waals surface area contributed by atoms with E-state index >= 15 is 0 Å². The van der Waals surface area contributed by atoms with Crippen LogP contribution >= 0.6 is 0 Å². The van der Waals surface area contributed by atoms with Gasteiger partial charge in [-0.1, -0.05) is 129 Å². The van der Waals surface area contributed by atoms with E-state index in [-0.39, 0.29) is 30.2 Å². The van der Waals surface area contributed by atoms with Gasteiger partial charge >= 0.3 is 41.9 Å². The van der Waals surface area contributed by atoms with Gasteiger partial charge in [0.2, 0.25) is 0 Å². The van der Waals surface area contributed by atoms with Crippen molar-refractivity contribution < 1.29 is 48.1 Å². The van der Waals surface area contributed by atoms with E-state index in [4.69, 9.17) is 0 Å². The minimum atomic E-state index is 0. The Balaban J connectivity index is 0.000000226. The van der Waals surface area contributed by atoms with Gasteiger partial charge in [0.1, 0.15) is 0 Å². The molecule has 7 aromatic carbocycles. The average Bonchev–Trinajstić information content (AvgIpc) is 3.65. The first-order valence-electron chi connectivity index (χ1n) is 16.0. The second-order valence-corrected chi connectivity index (χ2v) is 22.1. The standard InChI is InChI=1S/C23H21.C18H17.C2H6Si.2ClH.Zr/c1-14-12-21-16(3)15(2)17(4)23(22(21)13-14)20-11-7-9-18-8-5-6-10-19(18)20;1-13(2)16-11-15-9-6-10-17(18(15)12-16)14-7-4-3-5-8-14;1-3-2;;;/h5-13H,1-4H3;3-13H,1-2H3;1-2H3;2*1H;/q2*-1;;;;+2/p-2. The van der Waals surface area contributed by atoms with E-state index < -0.39 is 0 Å². The van der Waals surface area contributed by atoms with Gasteiger partial charge in [0.25, 0.3) is 0 Å². The van der Waals surface area contributed by atoms with Gasteiger partial charge in [-0.2, -0.15) is 12.1 Å². The smallest absolute Gasteiger partial charge is 0.0113 e. The Morgan fingerprint density at radius 2 is 1.19 bits per heavy atom. The third-order valence-corrected chi connectivity index (χ3v) is 8.79. The quantitative estimate of drug-likeness (QED) is 0.139. The molecular weight excluding hydrogens is 707 g/mol. The molecule has 0 saturated carbocycles. The third-order valence-electron chi connectivity index (χ3n) is 8.79. The van der Waals surface area contributed by atoms with Crippen molar-refractivity contribution in [2.75, 3.05) is 0 Å². The molecule has 0 aromatic heterocycles. The van der Waals surface area contributed by atoms with Gasteiger partial charge in [-0.05, 0) is 41.7 Å². The Kier molecular flexibility index (Phi) is 14.1. The summed E-state index contributed by atoms with van der Waals surface area (Å²) in [5, 5.41) is 8.14. The molecule has 0 nitrogen and oxygen atoms in total. The number of aryl methyl sites for hydroxylation is 2. The fourth-order valence-electron chi connectivity index (χ4n) is 6.29. The zero-order valence-corrected chi connectivity index (χ0v) is 33.8. The molecule has 7 aromatic rings. The van der Waals surface area contributed by atoms with Crippen LogP contribution in [-0.2, 0) is 23.3 Å². The molecule has 0 spiro atoms. The number of hydrogen-bond donors (Lipinski definition) is 0. The molecule has 0 saturated heterocycles. The molecule has 0 bridgehead atoms. The minimum absolute atomic E-state index is 0. The maximum atomic E-state index is 2.34. The molecule has 0 amide bonds. The topological polar surface area (TPSA) is 0 Å². The second kappa shape index (κ2) is 17.1. The summed E-state index contributed by atoms with van der Waals surface area (Å²) in [6.45, 7) is 18.1. The van der Waals surface area contributed by atoms with Gasteiger partial charge in [-0.15, -0.1) is 62.5 Å². The number of benzene rings is 5. The van der Waals surface area contributed by atoms with Crippen LogP contribution in [0.1, 0.15) is 47.6 Å². The van der Waals surface area contributed by atoms with Gasteiger partial charge in [0, 0.05) is 0 Å². The summed E-state index contributed by atoms with van der Waals surface area (Å²) in [6, 6.07) is 41.8. The maximum Gasteiger partial charge on any atom is -0.0113 e. The molecule has 0 aliphatic rings. The molecule has 0 atom stereocenters. The first-order chi connectivity index (χ1) is 21.6. The van der Waals surface area contributed by atoms with Crippen LogP contribution in [0, 0.1) is 27.7 Å². The molecule has 7 rings (SSSR count). The number of hydrogen-bond acceptors (Lipinski definition) is 0. The summed E-state index contributed by atoms with van der Waals surface area (Å²) in [5.74, 6) is 0.584. The van der Waals surface area contributed by atoms with E-state index in [0.717, 1.165) is 0 Å². The fourth-order valence-corrected chi connectivity index (χ4v) is 6.29. The first-order valence-corrected chi connectivity index (χ1v) is 22.2. The van der Waals surface area contributed by atoms with Gasteiger partial charge in [0.15, 0.2) is 0 Å². The van der Waals surface area contributed by atoms with Crippen molar-refractivity contribution in [3.63, 3.8) is 0 Å². The van der Waals surface area contributed by atoms with E-state index in [2.05, 4.69) is 170 Å². The molecule has 0 aliphatic heterocycles. The normalized spacial score (nSPS) is 10.5. The van der Waals surface area contributed by atoms with Crippen LogP contribution in [0.25, 0.3) is 54.6 Å². The summed E-state index contributed by atoms with van der Waals surface area (Å²) in [5.41, 5.74) is 12.6. The van der Waals surface area contributed by atoms with Crippen molar-refractivity contribution in [3.8, 4) is 22.3 Å². The van der Waals surface area contributed by atoms with Crippen molar-refractivity contribution in [2.45, 2.75) is 60.6 Å². The molecule has 0 heterocycles. The van der Waals surface area contributed by atoms with Gasteiger partial charge in [-0.25, -0.2) is 0 Å². The van der Waals surface area contributed by atoms with Gasteiger partial charge in [-0.3, -0.25) is 0 Å². The number of rotatable bonds is 3. The molecule has 0 N–H and O–H groups in total. The Morgan fingerprint density at radius 3 is 1.87 bits per heavy atom. The van der Waals surface area contributed by atoms with E-state index in [1.807, 2.05) is 0 Å². The third kappa shape index (κ3) is 8.65. The molecule has 0 fully saturated rings. The number of halogens is 2. The summed E-state index contributed by atoms with van der Waals surface area (Å²) in [4.78, 5) is 0. The molecule has 47 heavy (non-hydrogen) atoms. The van der Waals surface area contributed by atoms with E-state index in [0.29, 0.717) is 5.92 Å². The van der Waals surface area contributed by atoms with Crippen LogP contribution < -0.4 is 24.8 Å². The van der Waals surface area contributed by atoms with Gasteiger partial charge in [0.05, 0.1) is 0 Å². The van der Waals surface area contributed by atoms with Crippen molar-refractivity contribution in [1.29, 1.82) is 0 Å². The van der Waals surface area contributed by atoms with Gasteiger partial charge < -0.3 is 24.8 Å². The van der Waals surface area contributed by atoms with Crippen molar-refractivity contribution in [2.24, 2.45) is 0 Å². The molecule has 0 radical (unpaired) electrons. The predicted molar refractivity (Wildman–Crippen MR) is 198 cm³/mol. The fraction of sp³-hybridized carbons (Fsp3) is 0.209. The van der Waals surface area contributed by atoms with Crippen LogP contribution in [0.15, 0.2) is 115 Å². The molecule has 0 aliphatic carbocycles. The first kappa shape index (κ1) is 38.7. The zero-order valence-electron chi connectivity index (χ0n) is 28.8.